The molecular formula is C21H29N5O4S. The van der Waals surface area contributed by atoms with Crippen LogP contribution in [-0.4, -0.2) is 60.5 Å². The van der Waals surface area contributed by atoms with Crippen molar-refractivity contribution in [2.75, 3.05) is 5.32 Å². The molecule has 0 aliphatic heterocycles. The average molecular weight is 448 g/mol. The monoisotopic (exact) mass is 447 g/mol. The van der Waals surface area contributed by atoms with Crippen molar-refractivity contribution in [2.24, 2.45) is 0 Å². The van der Waals surface area contributed by atoms with Gasteiger partial charge in [0.15, 0.2) is 5.82 Å². The fourth-order valence-electron chi connectivity index (χ4n) is 4.88. The van der Waals surface area contributed by atoms with E-state index in [1.54, 1.807) is 11.1 Å². The predicted molar refractivity (Wildman–Crippen MR) is 116 cm³/mol. The Kier molecular flexibility index (Phi) is 6.57. The number of aryl methyl sites for hydroxylation is 1. The molecule has 2 fully saturated rings. The van der Waals surface area contributed by atoms with Crippen molar-refractivity contribution in [1.29, 1.82) is 0 Å². The van der Waals surface area contributed by atoms with Gasteiger partial charge in [-0.1, -0.05) is 0 Å². The highest BCUT2D eigenvalue weighted by Gasteiger charge is 2.38. The second kappa shape index (κ2) is 9.35. The van der Waals surface area contributed by atoms with Gasteiger partial charge in [-0.25, -0.2) is 9.78 Å². The Hall–Kier alpha value is -2.46. The summed E-state index contributed by atoms with van der Waals surface area (Å²) in [7, 11) is 0. The van der Waals surface area contributed by atoms with E-state index in [0.29, 0.717) is 31.5 Å². The lowest BCUT2D eigenvalue weighted by Gasteiger charge is -2.37. The molecule has 4 N–H and O–H groups in total. The van der Waals surface area contributed by atoms with Crippen LogP contribution in [0.4, 0.5) is 10.6 Å². The van der Waals surface area contributed by atoms with Gasteiger partial charge in [0.25, 0.3) is 0 Å². The maximum atomic E-state index is 12.3. The lowest BCUT2D eigenvalue weighted by Crippen LogP contribution is -2.47. The second-order valence-corrected chi connectivity index (χ2v) is 9.91. The predicted octanol–water partition coefficient (Wildman–Crippen LogP) is 3.28. The number of nitrogens with one attached hydrogen (secondary N) is 2. The summed E-state index contributed by atoms with van der Waals surface area (Å²) in [6.45, 7) is 1.91. The third kappa shape index (κ3) is 5.24. The van der Waals surface area contributed by atoms with Crippen LogP contribution in [-0.2, 0) is 11.2 Å². The molecule has 0 radical (unpaired) electrons. The molecule has 2 aliphatic rings. The number of anilines is 1. The summed E-state index contributed by atoms with van der Waals surface area (Å²) in [4.78, 5) is 30.9. The molecule has 4 rings (SSSR count). The van der Waals surface area contributed by atoms with Gasteiger partial charge in [-0.2, -0.15) is 5.10 Å². The van der Waals surface area contributed by atoms with Gasteiger partial charge >= 0.3 is 6.09 Å². The average Bonchev–Trinajstić information content (AvgIpc) is 3.45. The summed E-state index contributed by atoms with van der Waals surface area (Å²) in [6, 6.07) is 1.81. The van der Waals surface area contributed by atoms with Gasteiger partial charge in [-0.15, -0.1) is 11.3 Å². The van der Waals surface area contributed by atoms with Crippen LogP contribution in [0.1, 0.15) is 66.4 Å². The normalized spacial score (nSPS) is 26.0. The fourth-order valence-corrected chi connectivity index (χ4v) is 5.68. The number of thiazole rings is 1. The zero-order chi connectivity index (χ0) is 22.0. The van der Waals surface area contributed by atoms with E-state index in [-0.39, 0.29) is 36.4 Å². The molecule has 2 aliphatic carbocycles. The van der Waals surface area contributed by atoms with Crippen molar-refractivity contribution in [2.45, 2.75) is 82.4 Å². The summed E-state index contributed by atoms with van der Waals surface area (Å²) in [5, 5.41) is 30.6. The summed E-state index contributed by atoms with van der Waals surface area (Å²) >= 11 is 1.50. The van der Waals surface area contributed by atoms with Gasteiger partial charge in [0.1, 0.15) is 0 Å². The van der Waals surface area contributed by atoms with Gasteiger partial charge in [0, 0.05) is 40.8 Å². The lowest BCUT2D eigenvalue weighted by atomic mass is 9.91. The van der Waals surface area contributed by atoms with Gasteiger partial charge in [0.2, 0.25) is 5.91 Å². The molecule has 31 heavy (non-hydrogen) atoms. The maximum Gasteiger partial charge on any atom is 0.407 e. The van der Waals surface area contributed by atoms with Crippen molar-refractivity contribution < 1.29 is 19.8 Å². The van der Waals surface area contributed by atoms with Gasteiger partial charge in [-0.05, 0) is 51.9 Å². The Morgan fingerprint density at radius 2 is 1.97 bits per heavy atom. The SMILES string of the molecule is Cc1ncc(CC(=O)Nc2cc([C@@H]3CC[C@H](N(C(=O)O)C4CCC(O)CC4)C3)[nH]n2)s1. The third-order valence-corrected chi connectivity index (χ3v) is 7.30. The molecule has 2 atom stereocenters. The fraction of sp³-hybridized carbons (Fsp3) is 0.619. The molecule has 0 unspecified atom stereocenters. The Morgan fingerprint density at radius 3 is 2.65 bits per heavy atom. The van der Waals surface area contributed by atoms with Crippen molar-refractivity contribution in [3.05, 3.63) is 27.8 Å². The summed E-state index contributed by atoms with van der Waals surface area (Å²) in [5.74, 6) is 0.534. The zero-order valence-electron chi connectivity index (χ0n) is 17.6. The van der Waals surface area contributed by atoms with Crippen LogP contribution in [0, 0.1) is 6.92 Å². The van der Waals surface area contributed by atoms with Crippen LogP contribution < -0.4 is 5.32 Å². The van der Waals surface area contributed by atoms with E-state index in [1.807, 2.05) is 13.0 Å². The molecule has 9 nitrogen and oxygen atoms in total. The topological polar surface area (TPSA) is 131 Å². The molecule has 0 saturated heterocycles. The molecule has 2 aromatic heterocycles. The minimum absolute atomic E-state index is 0.0170. The minimum Gasteiger partial charge on any atom is -0.465 e. The summed E-state index contributed by atoms with van der Waals surface area (Å²) in [5.41, 5.74) is 0.927. The number of carboxylic acid groups (broad SMARTS) is 1. The Morgan fingerprint density at radius 1 is 1.23 bits per heavy atom. The number of aliphatic hydroxyl groups excluding tert-OH is 1. The standard InChI is InChI=1S/C21H29N5O4S/c1-12-22-11-17(31-12)9-20(28)23-19-10-18(24-25-19)13-2-3-15(8-13)26(21(29)30)14-4-6-16(27)7-5-14/h10-11,13-16,27H,2-9H2,1H3,(H,29,30)(H2,23,24,25,28)/t13-,14?,15+,16?/m1/s1. The van der Waals surface area contributed by atoms with Crippen LogP contribution in [0.25, 0.3) is 0 Å². The van der Waals surface area contributed by atoms with E-state index in [1.165, 1.54) is 11.3 Å². The number of hydrogen-bond acceptors (Lipinski definition) is 6. The quantitative estimate of drug-likeness (QED) is 0.537. The highest BCUT2D eigenvalue weighted by Crippen LogP contribution is 2.39. The number of aliphatic hydroxyl groups is 1. The molecule has 2 saturated carbocycles. The number of aromatic nitrogens is 3. The van der Waals surface area contributed by atoms with Crippen LogP contribution in [0.15, 0.2) is 12.3 Å². The van der Waals surface area contributed by atoms with Gasteiger partial charge < -0.3 is 20.4 Å². The minimum atomic E-state index is -0.872. The number of amides is 2. The summed E-state index contributed by atoms with van der Waals surface area (Å²) in [6.07, 6.45) is 5.98. The zero-order valence-corrected chi connectivity index (χ0v) is 18.4. The van der Waals surface area contributed by atoms with Crippen LogP contribution in [0.3, 0.4) is 0 Å². The molecular weight excluding hydrogens is 418 g/mol. The number of hydrogen-bond donors (Lipinski definition) is 4. The Bertz CT molecular complexity index is 921. The highest BCUT2D eigenvalue weighted by molar-refractivity contribution is 7.11. The number of H-pyrrole nitrogens is 1. The van der Waals surface area contributed by atoms with E-state index in [2.05, 4.69) is 20.5 Å². The number of nitrogens with zero attached hydrogens (tertiary/aromatic N) is 3. The molecule has 2 aromatic rings. The number of aromatic amines is 1. The van der Waals surface area contributed by atoms with Crippen LogP contribution in [0.5, 0.6) is 0 Å². The van der Waals surface area contributed by atoms with E-state index in [4.69, 9.17) is 0 Å². The first-order valence-corrected chi connectivity index (χ1v) is 11.7. The molecule has 10 heteroatoms. The van der Waals surface area contributed by atoms with Crippen molar-refractivity contribution in [3.63, 3.8) is 0 Å². The lowest BCUT2D eigenvalue weighted by molar-refractivity contribution is -0.115. The summed E-state index contributed by atoms with van der Waals surface area (Å²) < 4.78 is 0. The third-order valence-electron chi connectivity index (χ3n) is 6.39. The number of carbonyl (C=O) groups is 2. The van der Waals surface area contributed by atoms with Crippen LogP contribution in [0.2, 0.25) is 0 Å². The first-order valence-electron chi connectivity index (χ1n) is 10.8. The van der Waals surface area contributed by atoms with E-state index < -0.39 is 6.09 Å². The van der Waals surface area contributed by atoms with E-state index in [0.717, 1.165) is 34.8 Å². The highest BCUT2D eigenvalue weighted by atomic mass is 32.1. The molecule has 168 valence electrons. The number of rotatable bonds is 6. The largest absolute Gasteiger partial charge is 0.465 e. The van der Waals surface area contributed by atoms with E-state index >= 15 is 0 Å². The first-order chi connectivity index (χ1) is 14.9. The molecule has 0 bridgehead atoms. The molecule has 2 amide bonds. The Balaban J connectivity index is 1.34. The second-order valence-electron chi connectivity index (χ2n) is 8.60. The first kappa shape index (κ1) is 21.8. The van der Waals surface area contributed by atoms with E-state index in [9.17, 15) is 19.8 Å². The molecule has 0 aromatic carbocycles. The smallest absolute Gasteiger partial charge is 0.407 e. The molecule has 0 spiro atoms. The molecule has 2 heterocycles. The van der Waals surface area contributed by atoms with Crippen molar-refractivity contribution in [3.8, 4) is 0 Å². The van der Waals surface area contributed by atoms with Gasteiger partial charge in [0.05, 0.1) is 17.5 Å². The maximum absolute atomic E-state index is 12.3. The van der Waals surface area contributed by atoms with Crippen LogP contribution >= 0.6 is 11.3 Å². The van der Waals surface area contributed by atoms with Crippen molar-refractivity contribution >= 4 is 29.2 Å². The Labute approximate surface area is 184 Å². The van der Waals surface area contributed by atoms with Crippen molar-refractivity contribution in [1.82, 2.24) is 20.1 Å². The van der Waals surface area contributed by atoms with Gasteiger partial charge in [-0.3, -0.25) is 9.89 Å². The number of carbonyl (C=O) groups excluding carboxylic acids is 1.